The van der Waals surface area contributed by atoms with E-state index in [0.717, 1.165) is 78.9 Å². The molecular formula is C90H56N8S4. The zero-order valence-electron chi connectivity index (χ0n) is 54.5. The van der Waals surface area contributed by atoms with E-state index in [1.807, 2.05) is 112 Å². The van der Waals surface area contributed by atoms with E-state index in [1.54, 1.807) is 6.20 Å². The van der Waals surface area contributed by atoms with E-state index < -0.39 is 0 Å². The molecule has 12 heteroatoms. The standard InChI is InChI=1S/C48H30N4S2.C42H26N4S2/c1-2-10-31(11-3-1)41-30-42(51-47(50-41)34-19-17-32(18-20-34)40-14-8-9-27-49-40)33-21-23-35(24-22-33)52-43-15-6-4-12-36(43)48(37-13-5-7-16-44(37)52)38-25-28-53-45(38)46-39(48)26-29-54-46;1-2-11-27(12-3-1)35-26-36(45-41(44-35)34-17-8-9-22-43-34)28-13-10-14-29(25-28)46-37-18-6-4-15-30(37)42(31-16-5-7-19-38(31)46)32-20-23-47-39(32)40-33(42)21-24-48-40/h1-30H;1-26H. The van der Waals surface area contributed by atoms with Crippen LogP contribution < -0.4 is 9.80 Å². The normalized spacial score (nSPS) is 13.4. The highest BCUT2D eigenvalue weighted by Crippen LogP contribution is 2.67. The van der Waals surface area contributed by atoms with Crippen LogP contribution in [0.15, 0.2) is 337 Å². The number of pyridine rings is 2. The van der Waals surface area contributed by atoms with Crippen LogP contribution in [0.25, 0.3) is 98.7 Å². The van der Waals surface area contributed by atoms with Gasteiger partial charge in [-0.05, 0) is 175 Å². The average molecular weight is 1380 g/mol. The van der Waals surface area contributed by atoms with Crippen LogP contribution in [0.4, 0.5) is 34.1 Å². The van der Waals surface area contributed by atoms with Gasteiger partial charge in [0.05, 0.1) is 62.0 Å². The lowest BCUT2D eigenvalue weighted by Crippen LogP contribution is -2.35. The van der Waals surface area contributed by atoms with Crippen LogP contribution in [0.1, 0.15) is 44.5 Å². The lowest BCUT2D eigenvalue weighted by molar-refractivity contribution is 0.756. The molecule has 0 atom stereocenters. The Morgan fingerprint density at radius 2 is 0.569 bits per heavy atom. The molecule has 10 heterocycles. The van der Waals surface area contributed by atoms with E-state index in [-0.39, 0.29) is 10.8 Å². The van der Waals surface area contributed by atoms with Crippen molar-refractivity contribution < 1.29 is 0 Å². The van der Waals surface area contributed by atoms with Crippen molar-refractivity contribution in [3.63, 3.8) is 0 Å². The minimum absolute atomic E-state index is 0.352. The molecule has 8 aromatic heterocycles. The molecule has 9 aromatic carbocycles. The SMILES string of the molecule is c1ccc(-c2cc(-c3ccc(N4c5ccccc5C5(c6ccccc64)c4ccsc4-c4sccc45)cc3)nc(-c3ccc(-c4ccccn4)cc3)n2)cc1.c1ccc(-c2cc(-c3cccc(N4c5ccccc5C5(c6ccccc64)c4ccsc4-c4sccc45)c3)nc(-c3ccccn3)n2)cc1. The molecular weight excluding hydrogens is 1320 g/mol. The van der Waals surface area contributed by atoms with Crippen LogP contribution in [0.5, 0.6) is 0 Å². The second-order valence-electron chi connectivity index (χ2n) is 25.7. The van der Waals surface area contributed by atoms with Gasteiger partial charge in [-0.25, -0.2) is 19.9 Å². The third-order valence-corrected chi connectivity index (χ3v) is 24.3. The third-order valence-electron chi connectivity index (χ3n) is 20.3. The summed E-state index contributed by atoms with van der Waals surface area (Å²) in [7, 11) is 0. The van der Waals surface area contributed by atoms with Gasteiger partial charge in [-0.1, -0.05) is 194 Å². The highest BCUT2D eigenvalue weighted by atomic mass is 32.1. The van der Waals surface area contributed by atoms with Crippen molar-refractivity contribution in [2.24, 2.45) is 0 Å². The summed E-state index contributed by atoms with van der Waals surface area (Å²) in [5, 5.41) is 9.01. The molecule has 4 aliphatic rings. The monoisotopic (exact) mass is 1380 g/mol. The van der Waals surface area contributed by atoms with Crippen LogP contribution in [0.2, 0.25) is 0 Å². The maximum absolute atomic E-state index is 5.16. The van der Waals surface area contributed by atoms with E-state index in [1.165, 1.54) is 86.8 Å². The molecule has 0 unspecified atom stereocenters. The van der Waals surface area contributed by atoms with Crippen LogP contribution in [0.3, 0.4) is 0 Å². The molecule has 0 saturated heterocycles. The van der Waals surface area contributed by atoms with Gasteiger partial charge in [0.15, 0.2) is 11.6 Å². The summed E-state index contributed by atoms with van der Waals surface area (Å²) in [5.74, 6) is 1.29. The van der Waals surface area contributed by atoms with Crippen molar-refractivity contribution in [1.29, 1.82) is 0 Å². The molecule has 2 aliphatic carbocycles. The van der Waals surface area contributed by atoms with Gasteiger partial charge in [-0.2, -0.15) is 0 Å². The molecule has 0 amide bonds. The minimum Gasteiger partial charge on any atom is -0.310 e. The molecule has 17 aromatic rings. The van der Waals surface area contributed by atoms with Crippen molar-refractivity contribution in [3.8, 4) is 98.7 Å². The van der Waals surface area contributed by atoms with Crippen molar-refractivity contribution >= 4 is 79.5 Å². The predicted octanol–water partition coefficient (Wildman–Crippen LogP) is 24.0. The molecule has 0 N–H and O–H groups in total. The lowest BCUT2D eigenvalue weighted by atomic mass is 9.65. The Morgan fingerprint density at radius 3 is 1.01 bits per heavy atom. The summed E-state index contributed by atoms with van der Waals surface area (Å²) in [6, 6.07) is 108. The number of anilines is 6. The first-order valence-corrected chi connectivity index (χ1v) is 37.4. The zero-order valence-corrected chi connectivity index (χ0v) is 57.8. The van der Waals surface area contributed by atoms with Gasteiger partial charge in [-0.15, -0.1) is 45.3 Å². The fraction of sp³-hybridized carbons (Fsp3) is 0.0222. The lowest BCUT2D eigenvalue weighted by Gasteiger charge is -2.44. The van der Waals surface area contributed by atoms with Crippen molar-refractivity contribution in [3.05, 3.63) is 382 Å². The van der Waals surface area contributed by atoms with E-state index in [9.17, 15) is 0 Å². The maximum atomic E-state index is 5.16. The Balaban J connectivity index is 0.000000138. The Bertz CT molecular complexity index is 5810. The first kappa shape index (κ1) is 59.9. The Morgan fingerprint density at radius 1 is 0.225 bits per heavy atom. The van der Waals surface area contributed by atoms with Gasteiger partial charge in [0.1, 0.15) is 5.69 Å². The molecule has 0 radical (unpaired) electrons. The second-order valence-corrected chi connectivity index (χ2v) is 29.3. The molecule has 2 spiro atoms. The molecule has 0 fully saturated rings. The van der Waals surface area contributed by atoms with Gasteiger partial charge in [0.2, 0.25) is 0 Å². The van der Waals surface area contributed by atoms with Gasteiger partial charge in [0, 0.05) is 76.7 Å². The number of rotatable bonds is 9. The zero-order chi connectivity index (χ0) is 67.3. The number of thiophene rings is 4. The second kappa shape index (κ2) is 24.3. The van der Waals surface area contributed by atoms with Gasteiger partial charge in [0.25, 0.3) is 0 Å². The number of fused-ring (bicyclic) bond motifs is 18. The van der Waals surface area contributed by atoms with Gasteiger partial charge in [-0.3, -0.25) is 9.97 Å². The number of hydrogen-bond donors (Lipinski definition) is 0. The summed E-state index contributed by atoms with van der Waals surface area (Å²) in [6.07, 6.45) is 3.61. The molecule has 0 saturated carbocycles. The quantitative estimate of drug-likeness (QED) is 0.141. The molecule has 2 aliphatic heterocycles. The maximum Gasteiger partial charge on any atom is 0.179 e. The first-order chi connectivity index (χ1) is 50.6. The van der Waals surface area contributed by atoms with Crippen LogP contribution >= 0.6 is 45.3 Å². The predicted molar refractivity (Wildman–Crippen MR) is 420 cm³/mol. The fourth-order valence-corrected chi connectivity index (χ4v) is 20.2. The minimum atomic E-state index is -0.360. The summed E-state index contributed by atoms with van der Waals surface area (Å²) in [4.78, 5) is 39.8. The van der Waals surface area contributed by atoms with Crippen LogP contribution in [-0.4, -0.2) is 29.9 Å². The summed E-state index contributed by atoms with van der Waals surface area (Å²) in [6.45, 7) is 0. The molecule has 21 rings (SSSR count). The van der Waals surface area contributed by atoms with E-state index >= 15 is 0 Å². The first-order valence-electron chi connectivity index (χ1n) is 33.9. The van der Waals surface area contributed by atoms with Crippen molar-refractivity contribution in [2.45, 2.75) is 10.8 Å². The number of nitrogens with zero attached hydrogens (tertiary/aromatic N) is 8. The number of benzene rings is 9. The van der Waals surface area contributed by atoms with E-state index in [2.05, 4.69) is 284 Å². The number of hydrogen-bond acceptors (Lipinski definition) is 12. The Kier molecular flexibility index (Phi) is 14.3. The fourth-order valence-electron chi connectivity index (χ4n) is 16.0. The van der Waals surface area contributed by atoms with E-state index in [0.29, 0.717) is 11.6 Å². The smallest absolute Gasteiger partial charge is 0.179 e. The number of aromatic nitrogens is 6. The highest BCUT2D eigenvalue weighted by Gasteiger charge is 2.54. The van der Waals surface area contributed by atoms with Crippen molar-refractivity contribution in [1.82, 2.24) is 29.9 Å². The van der Waals surface area contributed by atoms with Crippen LogP contribution in [-0.2, 0) is 10.8 Å². The average Bonchev–Trinajstić information content (AvgIpc) is 1.49. The third kappa shape index (κ3) is 9.37. The largest absolute Gasteiger partial charge is 0.310 e. The molecule has 480 valence electrons. The summed E-state index contributed by atoms with van der Waals surface area (Å²) >= 11 is 7.42. The van der Waals surface area contributed by atoms with Crippen molar-refractivity contribution in [2.75, 3.05) is 9.80 Å². The van der Waals surface area contributed by atoms with Gasteiger partial charge < -0.3 is 9.80 Å². The van der Waals surface area contributed by atoms with E-state index in [4.69, 9.17) is 19.9 Å². The molecule has 0 bridgehead atoms. The topological polar surface area (TPSA) is 83.8 Å². The Labute approximate surface area is 605 Å². The van der Waals surface area contributed by atoms with Gasteiger partial charge >= 0.3 is 0 Å². The van der Waals surface area contributed by atoms with Crippen LogP contribution in [0, 0.1) is 0 Å². The molecule has 8 nitrogen and oxygen atoms in total. The summed E-state index contributed by atoms with van der Waals surface area (Å²) < 4.78 is 0. The number of para-hydroxylation sites is 4. The highest BCUT2D eigenvalue weighted by molar-refractivity contribution is 7.21. The summed E-state index contributed by atoms with van der Waals surface area (Å²) in [5.41, 5.74) is 28.3. The molecule has 102 heavy (non-hydrogen) atoms. The Hall–Kier alpha value is -12.2.